The summed E-state index contributed by atoms with van der Waals surface area (Å²) in [6, 6.07) is 5.78. The number of phenolic OH excluding ortho intramolecular Hbond substituents is 1. The molecule has 0 saturated carbocycles. The average molecular weight is 348 g/mol. The first kappa shape index (κ1) is 19.0. The van der Waals surface area contributed by atoms with Gasteiger partial charge in [0.2, 0.25) is 5.91 Å². The van der Waals surface area contributed by atoms with Gasteiger partial charge in [0.1, 0.15) is 11.3 Å². The Morgan fingerprint density at radius 2 is 2.00 bits per heavy atom. The van der Waals surface area contributed by atoms with Crippen LogP contribution in [-0.4, -0.2) is 29.7 Å². The van der Waals surface area contributed by atoms with Gasteiger partial charge in [0.15, 0.2) is 0 Å². The van der Waals surface area contributed by atoms with Crippen molar-refractivity contribution in [3.05, 3.63) is 40.2 Å². The van der Waals surface area contributed by atoms with Crippen molar-refractivity contribution in [3.8, 4) is 5.75 Å². The van der Waals surface area contributed by atoms with Crippen LogP contribution in [-0.2, 0) is 16.1 Å². The number of hydroxylamine groups is 1. The zero-order valence-corrected chi connectivity index (χ0v) is 14.7. The molecule has 2 rings (SSSR count). The van der Waals surface area contributed by atoms with Crippen LogP contribution in [0.25, 0.3) is 11.0 Å². The summed E-state index contributed by atoms with van der Waals surface area (Å²) in [6.45, 7) is 6.96. The Hall–Kier alpha value is -2.38. The Morgan fingerprint density at radius 1 is 1.24 bits per heavy atom. The minimum Gasteiger partial charge on any atom is -0.508 e. The largest absolute Gasteiger partial charge is 0.508 e. The van der Waals surface area contributed by atoms with E-state index in [1.807, 2.05) is 20.8 Å². The van der Waals surface area contributed by atoms with E-state index in [0.717, 1.165) is 0 Å². The molecule has 1 heterocycles. The fraction of sp³-hybridized carbons (Fsp3) is 0.444. The maximum absolute atomic E-state index is 12.1. The molecule has 0 saturated heterocycles. The molecule has 0 aliphatic heterocycles. The molecular weight excluding hydrogens is 324 g/mol. The van der Waals surface area contributed by atoms with Crippen LogP contribution in [0.3, 0.4) is 0 Å². The highest BCUT2D eigenvalue weighted by molar-refractivity contribution is 5.87. The third kappa shape index (κ3) is 6.21. The van der Waals surface area contributed by atoms with Crippen LogP contribution in [0.4, 0.5) is 0 Å². The van der Waals surface area contributed by atoms with Crippen LogP contribution >= 0.6 is 0 Å². The molecule has 0 spiro atoms. The maximum atomic E-state index is 12.1. The van der Waals surface area contributed by atoms with Crippen molar-refractivity contribution in [2.45, 2.75) is 39.2 Å². The Bertz CT molecular complexity index is 792. The molecule has 0 bridgehead atoms. The van der Waals surface area contributed by atoms with Gasteiger partial charge in [-0.05, 0) is 44.9 Å². The second kappa shape index (κ2) is 8.13. The first-order valence-electron chi connectivity index (χ1n) is 8.18. The van der Waals surface area contributed by atoms with Crippen molar-refractivity contribution in [3.63, 3.8) is 0 Å². The number of carbonyl (C=O) groups is 1. The minimum atomic E-state index is -0.551. The predicted octanol–water partition coefficient (Wildman–Crippen LogP) is 1.87. The average Bonchev–Trinajstić information content (AvgIpc) is 2.49. The highest BCUT2D eigenvalue weighted by Gasteiger charge is 2.11. The molecule has 1 aromatic heterocycles. The van der Waals surface area contributed by atoms with Gasteiger partial charge in [0.25, 0.3) is 0 Å². The summed E-state index contributed by atoms with van der Waals surface area (Å²) >= 11 is 0. The topological polar surface area (TPSA) is 101 Å². The SMILES string of the molecule is CC(C)(C)ONCCCNC(=O)Cc1cc(=O)oc2cc(O)ccc12. The lowest BCUT2D eigenvalue weighted by atomic mass is 10.1. The van der Waals surface area contributed by atoms with Gasteiger partial charge in [-0.1, -0.05) is 0 Å². The van der Waals surface area contributed by atoms with Crippen LogP contribution in [0.1, 0.15) is 32.8 Å². The van der Waals surface area contributed by atoms with Gasteiger partial charge in [-0.3, -0.25) is 9.63 Å². The lowest BCUT2D eigenvalue weighted by molar-refractivity contribution is -0.120. The molecule has 0 aliphatic carbocycles. The fourth-order valence-electron chi connectivity index (χ4n) is 2.26. The standard InChI is InChI=1S/C18H24N2O5/c1-18(2,3)25-20-8-4-7-19-16(22)9-12-10-17(23)24-15-11-13(21)5-6-14(12)15/h5-6,10-11,20-21H,4,7-9H2,1-3H3,(H,19,22). The molecule has 0 radical (unpaired) electrons. The number of amides is 1. The first-order valence-corrected chi connectivity index (χ1v) is 8.18. The van der Waals surface area contributed by atoms with Gasteiger partial charge < -0.3 is 14.8 Å². The van der Waals surface area contributed by atoms with Crippen molar-refractivity contribution in [2.75, 3.05) is 13.1 Å². The normalized spacial score (nSPS) is 11.6. The zero-order valence-electron chi connectivity index (χ0n) is 14.7. The summed E-state index contributed by atoms with van der Waals surface area (Å²) in [5.74, 6) is -0.182. The van der Waals surface area contributed by atoms with Crippen LogP contribution in [0.15, 0.2) is 33.5 Å². The van der Waals surface area contributed by atoms with E-state index in [1.54, 1.807) is 6.07 Å². The molecule has 0 unspecified atom stereocenters. The van der Waals surface area contributed by atoms with Crippen LogP contribution in [0.5, 0.6) is 5.75 Å². The van der Waals surface area contributed by atoms with Crippen molar-refractivity contribution < 1.29 is 19.2 Å². The summed E-state index contributed by atoms with van der Waals surface area (Å²) in [7, 11) is 0. The van der Waals surface area contributed by atoms with Gasteiger partial charge in [0.05, 0.1) is 12.0 Å². The van der Waals surface area contributed by atoms with Gasteiger partial charge in [-0.25, -0.2) is 10.3 Å². The monoisotopic (exact) mass is 348 g/mol. The molecule has 7 heteroatoms. The smallest absolute Gasteiger partial charge is 0.336 e. The highest BCUT2D eigenvalue weighted by atomic mass is 16.7. The summed E-state index contributed by atoms with van der Waals surface area (Å²) in [6.07, 6.45) is 0.784. The molecule has 1 aromatic carbocycles. The van der Waals surface area contributed by atoms with E-state index in [-0.39, 0.29) is 29.3 Å². The Labute approximate surface area is 145 Å². The third-order valence-corrected chi connectivity index (χ3v) is 3.32. The first-order chi connectivity index (χ1) is 11.7. The summed E-state index contributed by atoms with van der Waals surface area (Å²) < 4.78 is 5.05. The maximum Gasteiger partial charge on any atom is 0.336 e. The molecule has 0 fully saturated rings. The lowest BCUT2D eigenvalue weighted by Gasteiger charge is -2.19. The summed E-state index contributed by atoms with van der Waals surface area (Å²) in [4.78, 5) is 29.1. The van der Waals surface area contributed by atoms with E-state index < -0.39 is 5.63 Å². The number of rotatable bonds is 7. The van der Waals surface area contributed by atoms with E-state index in [0.29, 0.717) is 30.5 Å². The van der Waals surface area contributed by atoms with Crippen molar-refractivity contribution in [1.29, 1.82) is 0 Å². The molecule has 0 atom stereocenters. The molecule has 25 heavy (non-hydrogen) atoms. The van der Waals surface area contributed by atoms with E-state index in [4.69, 9.17) is 9.25 Å². The Kier molecular flexibility index (Phi) is 6.17. The Morgan fingerprint density at radius 3 is 2.72 bits per heavy atom. The number of aromatic hydroxyl groups is 1. The van der Waals surface area contributed by atoms with E-state index in [2.05, 4.69) is 10.8 Å². The van der Waals surface area contributed by atoms with Gasteiger partial charge in [-0.2, -0.15) is 0 Å². The van der Waals surface area contributed by atoms with E-state index >= 15 is 0 Å². The number of hydrogen-bond acceptors (Lipinski definition) is 6. The molecule has 2 aromatic rings. The van der Waals surface area contributed by atoms with Gasteiger partial charge >= 0.3 is 5.63 Å². The van der Waals surface area contributed by atoms with Crippen LogP contribution < -0.4 is 16.4 Å². The minimum absolute atomic E-state index is 0.00206. The van der Waals surface area contributed by atoms with Crippen molar-refractivity contribution in [2.24, 2.45) is 0 Å². The molecule has 3 N–H and O–H groups in total. The number of benzene rings is 1. The number of hydrogen-bond donors (Lipinski definition) is 3. The quantitative estimate of drug-likeness (QED) is 0.401. The number of phenols is 1. The van der Waals surface area contributed by atoms with Crippen molar-refractivity contribution in [1.82, 2.24) is 10.8 Å². The van der Waals surface area contributed by atoms with Crippen molar-refractivity contribution >= 4 is 16.9 Å². The fourth-order valence-corrected chi connectivity index (χ4v) is 2.26. The third-order valence-electron chi connectivity index (χ3n) is 3.32. The summed E-state index contributed by atoms with van der Waals surface area (Å²) in [5, 5.41) is 12.9. The lowest BCUT2D eigenvalue weighted by Crippen LogP contribution is -2.32. The second-order valence-corrected chi connectivity index (χ2v) is 6.76. The molecule has 0 aliphatic rings. The van der Waals surface area contributed by atoms with Gasteiger partial charge in [0, 0.05) is 30.6 Å². The molecular formula is C18H24N2O5. The predicted molar refractivity (Wildman–Crippen MR) is 94.3 cm³/mol. The molecule has 7 nitrogen and oxygen atoms in total. The second-order valence-electron chi connectivity index (χ2n) is 6.76. The number of nitrogens with one attached hydrogen (secondary N) is 2. The summed E-state index contributed by atoms with van der Waals surface area (Å²) in [5.41, 5.74) is 2.88. The van der Waals surface area contributed by atoms with Crippen LogP contribution in [0, 0.1) is 0 Å². The highest BCUT2D eigenvalue weighted by Crippen LogP contribution is 2.22. The van der Waals surface area contributed by atoms with Crippen LogP contribution in [0.2, 0.25) is 0 Å². The van der Waals surface area contributed by atoms with E-state index in [9.17, 15) is 14.7 Å². The number of fused-ring (bicyclic) bond motifs is 1. The molecule has 136 valence electrons. The number of carbonyl (C=O) groups excluding carboxylic acids is 1. The van der Waals surface area contributed by atoms with E-state index in [1.165, 1.54) is 18.2 Å². The molecule has 1 amide bonds. The van der Waals surface area contributed by atoms with Gasteiger partial charge in [-0.15, -0.1) is 0 Å². The zero-order chi connectivity index (χ0) is 18.4. The Balaban J connectivity index is 1.87.